The minimum atomic E-state index is -0.510. The third kappa shape index (κ3) is 4.23. The zero-order chi connectivity index (χ0) is 17.8. The van der Waals surface area contributed by atoms with Crippen LogP contribution in [0.2, 0.25) is 0 Å². The normalized spacial score (nSPS) is 24.4. The second-order valence-electron chi connectivity index (χ2n) is 7.60. The van der Waals surface area contributed by atoms with Gasteiger partial charge in [0, 0.05) is 32.0 Å². The minimum Gasteiger partial charge on any atom is -0.385 e. The van der Waals surface area contributed by atoms with E-state index in [4.69, 9.17) is 0 Å². The van der Waals surface area contributed by atoms with Crippen molar-refractivity contribution in [2.24, 2.45) is 13.0 Å². The lowest BCUT2D eigenvalue weighted by atomic mass is 9.90. The molecule has 1 aromatic heterocycles. The number of aliphatic hydroxyl groups excluding tert-OH is 1. The summed E-state index contributed by atoms with van der Waals surface area (Å²) in [5.74, 6) is 1.26. The van der Waals surface area contributed by atoms with Gasteiger partial charge in [-0.1, -0.05) is 6.92 Å². The van der Waals surface area contributed by atoms with Gasteiger partial charge in [0.05, 0.1) is 6.54 Å². The highest BCUT2D eigenvalue weighted by Crippen LogP contribution is 2.30. The molecule has 6 heteroatoms. The smallest absolute Gasteiger partial charge is 0.236 e. The summed E-state index contributed by atoms with van der Waals surface area (Å²) in [6, 6.07) is 0.434. The van der Waals surface area contributed by atoms with Gasteiger partial charge in [-0.05, 0) is 57.5 Å². The molecular weight excluding hydrogens is 316 g/mol. The van der Waals surface area contributed by atoms with Crippen LogP contribution in [0.3, 0.4) is 0 Å². The number of aromatic nitrogens is 2. The molecule has 3 rings (SSSR count). The number of aliphatic hydroxyl groups is 1. The maximum absolute atomic E-state index is 12.7. The van der Waals surface area contributed by atoms with E-state index in [1.807, 2.05) is 17.8 Å². The molecule has 0 radical (unpaired) electrons. The van der Waals surface area contributed by atoms with Gasteiger partial charge in [-0.25, -0.2) is 4.98 Å². The first-order chi connectivity index (χ1) is 12.1. The molecule has 2 unspecified atom stereocenters. The van der Waals surface area contributed by atoms with Gasteiger partial charge in [0.15, 0.2) is 0 Å². The third-order valence-electron chi connectivity index (χ3n) is 5.98. The number of carbonyl (C=O) groups is 1. The number of rotatable bonds is 5. The number of imidazole rings is 1. The number of hydrogen-bond donors (Lipinski definition) is 1. The van der Waals surface area contributed by atoms with Gasteiger partial charge in [-0.15, -0.1) is 0 Å². The fourth-order valence-corrected chi connectivity index (χ4v) is 4.34. The van der Waals surface area contributed by atoms with Crippen LogP contribution in [0.1, 0.15) is 57.4 Å². The van der Waals surface area contributed by atoms with Crippen molar-refractivity contribution in [1.82, 2.24) is 19.4 Å². The molecule has 0 bridgehead atoms. The molecular formula is C19H32N4O2. The Labute approximate surface area is 150 Å². The van der Waals surface area contributed by atoms with Crippen LogP contribution in [0, 0.1) is 5.92 Å². The zero-order valence-corrected chi connectivity index (χ0v) is 15.6. The van der Waals surface area contributed by atoms with Crippen molar-refractivity contribution < 1.29 is 9.90 Å². The molecule has 0 aliphatic carbocycles. The molecule has 0 saturated carbocycles. The van der Waals surface area contributed by atoms with Crippen LogP contribution >= 0.6 is 0 Å². The first-order valence-corrected chi connectivity index (χ1v) is 9.77. The SMILES string of the molecule is CCC1CCCCN1C(=O)CN1CCC(C(O)c2nccn2C)CC1. The molecule has 6 nitrogen and oxygen atoms in total. The van der Waals surface area contributed by atoms with E-state index in [1.165, 1.54) is 6.42 Å². The highest BCUT2D eigenvalue weighted by molar-refractivity contribution is 5.78. The Bertz CT molecular complexity index is 566. The van der Waals surface area contributed by atoms with Gasteiger partial charge in [0.1, 0.15) is 11.9 Å². The number of likely N-dealkylation sites (tertiary alicyclic amines) is 2. The topological polar surface area (TPSA) is 61.6 Å². The van der Waals surface area contributed by atoms with Crippen molar-refractivity contribution in [1.29, 1.82) is 0 Å². The van der Waals surface area contributed by atoms with Gasteiger partial charge < -0.3 is 14.6 Å². The highest BCUT2D eigenvalue weighted by Gasteiger charge is 2.31. The zero-order valence-electron chi connectivity index (χ0n) is 15.6. The van der Waals surface area contributed by atoms with E-state index >= 15 is 0 Å². The van der Waals surface area contributed by atoms with E-state index in [-0.39, 0.29) is 11.8 Å². The summed E-state index contributed by atoms with van der Waals surface area (Å²) < 4.78 is 1.89. The van der Waals surface area contributed by atoms with Crippen molar-refractivity contribution in [3.8, 4) is 0 Å². The van der Waals surface area contributed by atoms with Crippen LogP contribution in [-0.4, -0.2) is 62.6 Å². The van der Waals surface area contributed by atoms with E-state index in [0.717, 1.165) is 57.6 Å². The van der Waals surface area contributed by atoms with Gasteiger partial charge in [0.2, 0.25) is 5.91 Å². The predicted octanol–water partition coefficient (Wildman–Crippen LogP) is 1.96. The lowest BCUT2D eigenvalue weighted by molar-refractivity contribution is -0.136. The fraction of sp³-hybridized carbons (Fsp3) is 0.789. The van der Waals surface area contributed by atoms with Gasteiger partial charge in [-0.2, -0.15) is 0 Å². The molecule has 2 aliphatic rings. The molecule has 25 heavy (non-hydrogen) atoms. The summed E-state index contributed by atoms with van der Waals surface area (Å²) in [5, 5.41) is 10.6. The second-order valence-corrected chi connectivity index (χ2v) is 7.60. The van der Waals surface area contributed by atoms with Crippen molar-refractivity contribution in [2.75, 3.05) is 26.2 Å². The number of amides is 1. The Morgan fingerprint density at radius 3 is 2.68 bits per heavy atom. The second kappa shape index (κ2) is 8.32. The molecule has 1 amide bonds. The van der Waals surface area contributed by atoms with Crippen molar-refractivity contribution in [3.05, 3.63) is 18.2 Å². The molecule has 2 atom stereocenters. The quantitative estimate of drug-likeness (QED) is 0.884. The summed E-state index contributed by atoms with van der Waals surface area (Å²) in [5.41, 5.74) is 0. The number of nitrogens with zero attached hydrogens (tertiary/aromatic N) is 4. The van der Waals surface area contributed by atoms with E-state index in [1.54, 1.807) is 6.20 Å². The highest BCUT2D eigenvalue weighted by atomic mass is 16.3. The van der Waals surface area contributed by atoms with Gasteiger partial charge >= 0.3 is 0 Å². The van der Waals surface area contributed by atoms with Crippen LogP contribution in [-0.2, 0) is 11.8 Å². The number of carbonyl (C=O) groups excluding carboxylic acids is 1. The largest absolute Gasteiger partial charge is 0.385 e. The fourth-order valence-electron chi connectivity index (χ4n) is 4.34. The summed E-state index contributed by atoms with van der Waals surface area (Å²) >= 11 is 0. The standard InChI is InChI=1S/C19H32N4O2/c1-3-16-6-4-5-10-23(16)17(24)14-22-11-7-15(8-12-22)18(25)19-20-9-13-21(19)2/h9,13,15-16,18,25H,3-8,10-12,14H2,1-2H3. The molecule has 2 saturated heterocycles. The average Bonchev–Trinajstić information content (AvgIpc) is 3.07. The molecule has 1 aromatic rings. The summed E-state index contributed by atoms with van der Waals surface area (Å²) in [6.45, 7) is 5.39. The molecule has 0 spiro atoms. The molecule has 0 aromatic carbocycles. The predicted molar refractivity (Wildman–Crippen MR) is 97.0 cm³/mol. The van der Waals surface area contributed by atoms with E-state index in [0.29, 0.717) is 12.6 Å². The van der Waals surface area contributed by atoms with Crippen LogP contribution in [0.25, 0.3) is 0 Å². The van der Waals surface area contributed by atoms with E-state index in [9.17, 15) is 9.90 Å². The summed E-state index contributed by atoms with van der Waals surface area (Å²) in [4.78, 5) is 21.3. The van der Waals surface area contributed by atoms with E-state index in [2.05, 4.69) is 21.7 Å². The van der Waals surface area contributed by atoms with Crippen molar-refractivity contribution >= 4 is 5.91 Å². The van der Waals surface area contributed by atoms with Crippen molar-refractivity contribution in [3.63, 3.8) is 0 Å². The van der Waals surface area contributed by atoms with Crippen molar-refractivity contribution in [2.45, 2.75) is 57.6 Å². The maximum Gasteiger partial charge on any atom is 0.236 e. The van der Waals surface area contributed by atoms with E-state index < -0.39 is 6.10 Å². The molecule has 1 N–H and O–H groups in total. The Morgan fingerprint density at radius 1 is 1.28 bits per heavy atom. The molecule has 2 aliphatic heterocycles. The van der Waals surface area contributed by atoms with Crippen LogP contribution < -0.4 is 0 Å². The van der Waals surface area contributed by atoms with Crippen LogP contribution in [0.5, 0.6) is 0 Å². The monoisotopic (exact) mass is 348 g/mol. The average molecular weight is 348 g/mol. The molecule has 140 valence electrons. The van der Waals surface area contributed by atoms with Gasteiger partial charge in [0.25, 0.3) is 0 Å². The lowest BCUT2D eigenvalue weighted by Gasteiger charge is -2.38. The first kappa shape index (κ1) is 18.4. The Hall–Kier alpha value is -1.40. The summed E-state index contributed by atoms with van der Waals surface area (Å²) in [7, 11) is 1.92. The van der Waals surface area contributed by atoms with Crippen LogP contribution in [0.15, 0.2) is 12.4 Å². The van der Waals surface area contributed by atoms with Crippen LogP contribution in [0.4, 0.5) is 0 Å². The maximum atomic E-state index is 12.7. The number of aryl methyl sites for hydroxylation is 1. The minimum absolute atomic E-state index is 0.228. The Morgan fingerprint density at radius 2 is 2.04 bits per heavy atom. The molecule has 2 fully saturated rings. The Kier molecular flexibility index (Phi) is 6.12. The number of hydrogen-bond acceptors (Lipinski definition) is 4. The number of piperidine rings is 2. The van der Waals surface area contributed by atoms with Gasteiger partial charge in [-0.3, -0.25) is 9.69 Å². The summed E-state index contributed by atoms with van der Waals surface area (Å²) in [6.07, 6.45) is 9.52. The Balaban J connectivity index is 1.49. The third-order valence-corrected chi connectivity index (χ3v) is 5.98. The molecule has 3 heterocycles. The lowest BCUT2D eigenvalue weighted by Crippen LogP contribution is -2.49. The first-order valence-electron chi connectivity index (χ1n) is 9.77.